The van der Waals surface area contributed by atoms with E-state index in [1.807, 2.05) is 81.4 Å². The Hall–Kier alpha value is -5.41. The summed E-state index contributed by atoms with van der Waals surface area (Å²) >= 11 is 11.0. The van der Waals surface area contributed by atoms with Crippen LogP contribution in [-0.4, -0.2) is 55.5 Å². The maximum absolute atomic E-state index is 14.2. The molecule has 11 rings (SSSR count). The summed E-state index contributed by atoms with van der Waals surface area (Å²) in [6.45, 7) is 8.67. The van der Waals surface area contributed by atoms with Gasteiger partial charge in [-0.3, -0.25) is 14.4 Å². The van der Waals surface area contributed by atoms with Crippen LogP contribution in [0.15, 0.2) is 118 Å². The molecule has 3 amide bonds. The van der Waals surface area contributed by atoms with Gasteiger partial charge in [0.05, 0.1) is 17.1 Å². The average molecular weight is 1120 g/mol. The lowest BCUT2D eigenvalue weighted by Gasteiger charge is -2.34. The predicted octanol–water partition coefficient (Wildman–Crippen LogP) is 15.7. The van der Waals surface area contributed by atoms with Crippen molar-refractivity contribution in [2.24, 2.45) is 0 Å². The van der Waals surface area contributed by atoms with Crippen LogP contribution in [0.2, 0.25) is 5.02 Å². The number of amides is 3. The van der Waals surface area contributed by atoms with Crippen molar-refractivity contribution in [1.82, 2.24) is 16.0 Å². The van der Waals surface area contributed by atoms with Crippen LogP contribution in [0.1, 0.15) is 127 Å². The maximum Gasteiger partial charge on any atom is 0.240 e. The number of carbonyl (C=O) groups is 3. The Kier molecular flexibility index (Phi) is 19.4. The van der Waals surface area contributed by atoms with Crippen LogP contribution in [-0.2, 0) is 14.4 Å². The molecule has 3 N–H and O–H groups in total. The summed E-state index contributed by atoms with van der Waals surface area (Å²) in [4.78, 5) is 41.1. The molecule has 3 aliphatic carbocycles. The number of halogens is 3. The zero-order valence-electron chi connectivity index (χ0n) is 44.7. The van der Waals surface area contributed by atoms with Crippen molar-refractivity contribution in [3.63, 3.8) is 0 Å². The lowest BCUT2D eigenvalue weighted by atomic mass is 9.95. The first-order valence-electron chi connectivity index (χ1n) is 27.6. The molecular weight excluding hydrogens is 1050 g/mol. The minimum Gasteiger partial charge on any atom is -0.352 e. The number of hydrogen-bond acceptors (Lipinski definition) is 9. The van der Waals surface area contributed by atoms with E-state index in [9.17, 15) is 23.2 Å². The number of carbonyl (C=O) groups excluding carboxylic acids is 3. The number of rotatable bonds is 12. The van der Waals surface area contributed by atoms with Crippen molar-refractivity contribution >= 4 is 87.8 Å². The molecule has 1 atom stereocenters. The first kappa shape index (κ1) is 56.3. The standard InChI is InChI=1S/C21H23FN2OS.C21H25FN2OS.C20H23ClN2OS/c1-14-11-19-17(12-18(14)22)16-9-5-6-10-20(16)26-24(19)13-21(25)23-15-7-3-2-4-8-15;1-4-8-15(5-2)23-20(25)13-24-18-12-11-17(22)14(3)21(18)16-9-6-7-10-19(16)26-24;21-14-10-11-18-17(12-14)16-8-4-5-9-19(16)25-23(18)13-20(24)22-15-6-2-1-3-7-15/h5-6,9-12,15H,2-4,7-8,13H2,1H3,(H,23,25);6-7,9-12,15H,4-5,8,13H2,1-3H3,(H,23,25);8-12,15H,1-7,13H2,(H,22,24). The van der Waals surface area contributed by atoms with Crippen molar-refractivity contribution < 1.29 is 23.2 Å². The molecule has 9 nitrogen and oxygen atoms in total. The fraction of sp³-hybridized carbons (Fsp3) is 0.403. The number of nitrogens with zero attached hydrogens (tertiary/aromatic N) is 3. The monoisotopic (exact) mass is 1120 g/mol. The normalized spacial score (nSPS) is 16.9. The SMILES string of the molecule is CCCC(CC)NC(=O)CN1Sc2ccccc2-c2c1ccc(F)c2C.Cc1cc2c(cc1F)-c1ccccc1SN2CC(=O)NC1CCCCC1.O=C(CN1SC2=CCCC=C2c2cc(Cl)ccc21)NC1CCCCC1. The van der Waals surface area contributed by atoms with E-state index in [-0.39, 0.29) is 48.5 Å². The Labute approximate surface area is 472 Å². The van der Waals surface area contributed by atoms with Gasteiger partial charge in [0.1, 0.15) is 31.3 Å². The molecule has 3 heterocycles. The number of nitrogens with one attached hydrogen (secondary N) is 3. The Balaban J connectivity index is 0.000000141. The van der Waals surface area contributed by atoms with Crippen molar-refractivity contribution in [2.45, 2.75) is 152 Å². The molecule has 0 spiro atoms. The molecule has 406 valence electrons. The minimum absolute atomic E-state index is 0.00473. The van der Waals surface area contributed by atoms with Crippen LogP contribution in [0, 0.1) is 25.5 Å². The molecule has 2 fully saturated rings. The van der Waals surface area contributed by atoms with Gasteiger partial charge >= 0.3 is 0 Å². The van der Waals surface area contributed by atoms with Gasteiger partial charge in [0.15, 0.2) is 0 Å². The molecular formula is C62H71ClF2N6O3S3. The second-order valence-corrected chi connectivity index (χ2v) is 24.4. The highest BCUT2D eigenvalue weighted by Crippen LogP contribution is 2.50. The van der Waals surface area contributed by atoms with E-state index in [2.05, 4.69) is 46.3 Å². The molecule has 0 aromatic heterocycles. The van der Waals surface area contributed by atoms with Gasteiger partial charge in [-0.1, -0.05) is 119 Å². The zero-order chi connectivity index (χ0) is 54.0. The summed E-state index contributed by atoms with van der Waals surface area (Å²) < 4.78 is 34.5. The first-order chi connectivity index (χ1) is 37.4. The lowest BCUT2D eigenvalue weighted by molar-refractivity contribution is -0.121. The third kappa shape index (κ3) is 13.9. The summed E-state index contributed by atoms with van der Waals surface area (Å²) in [5.74, 6) is -0.271. The number of hydrogen-bond donors (Lipinski definition) is 3. The van der Waals surface area contributed by atoms with Gasteiger partial charge in [0.2, 0.25) is 17.7 Å². The van der Waals surface area contributed by atoms with Crippen molar-refractivity contribution in [2.75, 3.05) is 32.5 Å². The molecule has 3 aliphatic heterocycles. The van der Waals surface area contributed by atoms with E-state index in [0.717, 1.165) is 117 Å². The van der Waals surface area contributed by atoms with Crippen LogP contribution in [0.25, 0.3) is 27.8 Å². The quantitative estimate of drug-likeness (QED) is 0.106. The first-order valence-corrected chi connectivity index (χ1v) is 30.3. The van der Waals surface area contributed by atoms with Crippen molar-refractivity contribution in [3.8, 4) is 22.3 Å². The molecule has 0 saturated heterocycles. The van der Waals surface area contributed by atoms with E-state index in [0.29, 0.717) is 29.8 Å². The van der Waals surface area contributed by atoms with Crippen LogP contribution in [0.5, 0.6) is 0 Å². The van der Waals surface area contributed by atoms with Crippen LogP contribution in [0.4, 0.5) is 25.8 Å². The molecule has 15 heteroatoms. The third-order valence-electron chi connectivity index (χ3n) is 15.1. The maximum atomic E-state index is 14.2. The smallest absolute Gasteiger partial charge is 0.240 e. The Bertz CT molecular complexity index is 2990. The van der Waals surface area contributed by atoms with Crippen molar-refractivity contribution in [1.29, 1.82) is 0 Å². The largest absolute Gasteiger partial charge is 0.352 e. The summed E-state index contributed by atoms with van der Waals surface area (Å²) in [5, 5.41) is 10.3. The number of benzene rings is 5. The fourth-order valence-electron chi connectivity index (χ4n) is 11.0. The number of aryl methyl sites for hydroxylation is 1. The third-order valence-corrected chi connectivity index (χ3v) is 18.6. The lowest BCUT2D eigenvalue weighted by Crippen LogP contribution is -2.41. The van der Waals surface area contributed by atoms with Gasteiger partial charge in [-0.25, -0.2) is 8.78 Å². The topological polar surface area (TPSA) is 97.0 Å². The zero-order valence-corrected chi connectivity index (χ0v) is 47.9. The summed E-state index contributed by atoms with van der Waals surface area (Å²) in [6, 6.07) is 29.5. The van der Waals surface area contributed by atoms with Gasteiger partial charge in [-0.05, 0) is 183 Å². The van der Waals surface area contributed by atoms with Gasteiger partial charge in [0.25, 0.3) is 0 Å². The Morgan fingerprint density at radius 3 is 1.83 bits per heavy atom. The van der Waals surface area contributed by atoms with E-state index in [4.69, 9.17) is 11.6 Å². The van der Waals surface area contributed by atoms with Gasteiger partial charge in [0, 0.05) is 54.5 Å². The van der Waals surface area contributed by atoms with E-state index in [1.54, 1.807) is 61.8 Å². The molecule has 2 saturated carbocycles. The minimum atomic E-state index is -0.219. The molecule has 6 aliphatic rings. The second kappa shape index (κ2) is 26.5. The molecule has 0 radical (unpaired) electrons. The summed E-state index contributed by atoms with van der Waals surface area (Å²) in [5.41, 5.74) is 10.3. The molecule has 5 aromatic rings. The number of anilines is 3. The van der Waals surface area contributed by atoms with E-state index >= 15 is 0 Å². The van der Waals surface area contributed by atoms with Crippen molar-refractivity contribution in [3.05, 3.63) is 141 Å². The average Bonchev–Trinajstić information content (AvgIpc) is 3.48. The van der Waals surface area contributed by atoms with Gasteiger partial charge < -0.3 is 28.9 Å². The van der Waals surface area contributed by atoms with E-state index < -0.39 is 0 Å². The highest BCUT2D eigenvalue weighted by atomic mass is 35.5. The van der Waals surface area contributed by atoms with Gasteiger partial charge in [-0.2, -0.15) is 0 Å². The molecule has 0 bridgehead atoms. The highest BCUT2D eigenvalue weighted by Gasteiger charge is 2.31. The van der Waals surface area contributed by atoms with Crippen LogP contribution >= 0.6 is 47.4 Å². The van der Waals surface area contributed by atoms with Gasteiger partial charge in [-0.15, -0.1) is 0 Å². The number of allylic oxidation sites excluding steroid dienone is 3. The molecule has 1 unspecified atom stereocenters. The Morgan fingerprint density at radius 1 is 0.610 bits per heavy atom. The highest BCUT2D eigenvalue weighted by molar-refractivity contribution is 8.05. The van der Waals surface area contributed by atoms with E-state index in [1.165, 1.54) is 55.1 Å². The Morgan fingerprint density at radius 2 is 1.18 bits per heavy atom. The number of fused-ring (bicyclic) bond motifs is 9. The fourth-order valence-corrected chi connectivity index (χ4v) is 14.5. The summed E-state index contributed by atoms with van der Waals surface area (Å²) in [7, 11) is 0. The molecule has 77 heavy (non-hydrogen) atoms. The van der Waals surface area contributed by atoms with Crippen LogP contribution in [0.3, 0.4) is 0 Å². The molecule has 5 aromatic carbocycles. The second-order valence-electron chi connectivity index (χ2n) is 20.8. The predicted molar refractivity (Wildman–Crippen MR) is 318 cm³/mol. The van der Waals surface area contributed by atoms with Crippen LogP contribution < -0.4 is 28.9 Å². The summed E-state index contributed by atoms with van der Waals surface area (Å²) in [6.07, 6.45) is 21.4.